The predicted molar refractivity (Wildman–Crippen MR) is 73.5 cm³/mol. The summed E-state index contributed by atoms with van der Waals surface area (Å²) in [6, 6.07) is 8.69. The van der Waals surface area contributed by atoms with E-state index in [-0.39, 0.29) is 0 Å². The number of rotatable bonds is 2. The Kier molecular flexibility index (Phi) is 2.95. The predicted octanol–water partition coefficient (Wildman–Crippen LogP) is 3.67. The molecule has 2 fully saturated rings. The molecule has 1 saturated heterocycles. The van der Waals surface area contributed by atoms with E-state index in [1.807, 2.05) is 11.8 Å². The third-order valence-corrected chi connectivity index (χ3v) is 5.61. The molecule has 1 saturated carbocycles. The second kappa shape index (κ2) is 4.33. The Morgan fingerprint density at radius 1 is 1.35 bits per heavy atom. The SMILES string of the molecule is CC1CC(O)(c2cccc(C3CCC3)c2)CS1. The van der Waals surface area contributed by atoms with Crippen LogP contribution in [0.5, 0.6) is 0 Å². The normalized spacial score (nSPS) is 33.6. The fraction of sp³-hybridized carbons (Fsp3) is 0.600. The van der Waals surface area contributed by atoms with Gasteiger partial charge >= 0.3 is 0 Å². The number of hydrogen-bond donors (Lipinski definition) is 1. The highest BCUT2D eigenvalue weighted by Gasteiger charge is 2.37. The Bertz CT molecular complexity index is 413. The zero-order valence-electron chi connectivity index (χ0n) is 10.4. The second-order valence-electron chi connectivity index (χ2n) is 5.61. The fourth-order valence-corrected chi connectivity index (χ4v) is 4.14. The minimum absolute atomic E-state index is 0.576. The van der Waals surface area contributed by atoms with Gasteiger partial charge in [0, 0.05) is 11.0 Å². The van der Waals surface area contributed by atoms with Crippen LogP contribution in [0.1, 0.15) is 49.7 Å². The second-order valence-corrected chi connectivity index (χ2v) is 7.04. The molecule has 0 radical (unpaired) electrons. The van der Waals surface area contributed by atoms with Gasteiger partial charge in [0.15, 0.2) is 0 Å². The van der Waals surface area contributed by atoms with Crippen molar-refractivity contribution in [2.75, 3.05) is 5.75 Å². The van der Waals surface area contributed by atoms with E-state index >= 15 is 0 Å². The van der Waals surface area contributed by atoms with Crippen LogP contribution < -0.4 is 0 Å². The van der Waals surface area contributed by atoms with Crippen LogP contribution in [0, 0.1) is 0 Å². The van der Waals surface area contributed by atoms with E-state index in [0.717, 1.165) is 23.7 Å². The van der Waals surface area contributed by atoms with Crippen LogP contribution in [0.15, 0.2) is 24.3 Å². The highest BCUT2D eigenvalue weighted by atomic mass is 32.2. The lowest BCUT2D eigenvalue weighted by atomic mass is 9.78. The molecule has 1 aromatic carbocycles. The average Bonchev–Trinajstić information content (AvgIpc) is 2.58. The quantitative estimate of drug-likeness (QED) is 0.862. The molecule has 92 valence electrons. The number of thioether (sulfide) groups is 1. The van der Waals surface area contributed by atoms with Crippen molar-refractivity contribution in [2.24, 2.45) is 0 Å². The Hall–Kier alpha value is -0.470. The van der Waals surface area contributed by atoms with Crippen molar-refractivity contribution in [1.82, 2.24) is 0 Å². The van der Waals surface area contributed by atoms with Crippen LogP contribution in [-0.4, -0.2) is 16.1 Å². The minimum atomic E-state index is -0.580. The summed E-state index contributed by atoms with van der Waals surface area (Å²) in [5.74, 6) is 1.60. The van der Waals surface area contributed by atoms with E-state index in [0.29, 0.717) is 5.25 Å². The summed E-state index contributed by atoms with van der Waals surface area (Å²) in [6.07, 6.45) is 4.91. The molecule has 2 atom stereocenters. The Morgan fingerprint density at radius 3 is 2.76 bits per heavy atom. The summed E-state index contributed by atoms with van der Waals surface area (Å²) in [5, 5.41) is 11.3. The van der Waals surface area contributed by atoms with Crippen LogP contribution >= 0.6 is 11.8 Å². The largest absolute Gasteiger partial charge is 0.384 e. The van der Waals surface area contributed by atoms with Crippen molar-refractivity contribution in [3.8, 4) is 0 Å². The van der Waals surface area contributed by atoms with E-state index in [2.05, 4.69) is 31.2 Å². The van der Waals surface area contributed by atoms with Gasteiger partial charge in [0.05, 0.1) is 5.60 Å². The maximum Gasteiger partial charge on any atom is 0.0997 e. The third kappa shape index (κ3) is 2.13. The molecule has 1 aromatic rings. The molecule has 1 nitrogen and oxygen atoms in total. The number of benzene rings is 1. The number of hydrogen-bond acceptors (Lipinski definition) is 2. The maximum absolute atomic E-state index is 10.7. The fourth-order valence-electron chi connectivity index (χ4n) is 2.90. The molecule has 2 heteroatoms. The Labute approximate surface area is 108 Å². The van der Waals surface area contributed by atoms with E-state index < -0.39 is 5.60 Å². The van der Waals surface area contributed by atoms with Crippen molar-refractivity contribution >= 4 is 11.8 Å². The van der Waals surface area contributed by atoms with E-state index in [1.54, 1.807) is 0 Å². The van der Waals surface area contributed by atoms with Crippen molar-refractivity contribution in [2.45, 2.75) is 49.4 Å². The average molecular weight is 248 g/mol. The van der Waals surface area contributed by atoms with Gasteiger partial charge in [-0.3, -0.25) is 0 Å². The third-order valence-electron chi connectivity index (χ3n) is 4.23. The molecular weight excluding hydrogens is 228 g/mol. The Morgan fingerprint density at radius 2 is 2.18 bits per heavy atom. The zero-order chi connectivity index (χ0) is 11.9. The molecule has 0 aromatic heterocycles. The lowest BCUT2D eigenvalue weighted by Gasteiger charge is -2.28. The van der Waals surface area contributed by atoms with Crippen molar-refractivity contribution in [3.63, 3.8) is 0 Å². The van der Waals surface area contributed by atoms with Crippen LogP contribution in [0.4, 0.5) is 0 Å². The lowest BCUT2D eigenvalue weighted by molar-refractivity contribution is 0.0611. The van der Waals surface area contributed by atoms with E-state index in [1.165, 1.54) is 24.8 Å². The van der Waals surface area contributed by atoms with Gasteiger partial charge in [0.2, 0.25) is 0 Å². The monoisotopic (exact) mass is 248 g/mol. The summed E-state index contributed by atoms with van der Waals surface area (Å²) in [4.78, 5) is 0. The van der Waals surface area contributed by atoms with E-state index in [9.17, 15) is 5.11 Å². The number of aliphatic hydroxyl groups is 1. The highest BCUT2D eigenvalue weighted by Crippen LogP contribution is 2.43. The molecule has 1 heterocycles. The van der Waals surface area contributed by atoms with Crippen LogP contribution in [0.3, 0.4) is 0 Å². The van der Waals surface area contributed by atoms with Crippen LogP contribution in [-0.2, 0) is 5.60 Å². The maximum atomic E-state index is 10.7. The van der Waals surface area contributed by atoms with Gasteiger partial charge in [-0.25, -0.2) is 0 Å². The molecule has 0 bridgehead atoms. The van der Waals surface area contributed by atoms with Gasteiger partial charge in [-0.2, -0.15) is 11.8 Å². The van der Waals surface area contributed by atoms with Gasteiger partial charge in [-0.1, -0.05) is 37.6 Å². The molecule has 2 aliphatic rings. The van der Waals surface area contributed by atoms with Crippen molar-refractivity contribution in [3.05, 3.63) is 35.4 Å². The molecular formula is C15H20OS. The highest BCUT2D eigenvalue weighted by molar-refractivity contribution is 8.00. The smallest absolute Gasteiger partial charge is 0.0997 e. The first kappa shape index (κ1) is 11.6. The van der Waals surface area contributed by atoms with Crippen LogP contribution in [0.25, 0.3) is 0 Å². The topological polar surface area (TPSA) is 20.2 Å². The Balaban J connectivity index is 1.87. The summed E-state index contributed by atoms with van der Waals surface area (Å²) in [5.41, 5.74) is 1.99. The molecule has 1 aliphatic carbocycles. The molecule has 2 unspecified atom stereocenters. The first-order chi connectivity index (χ1) is 8.17. The summed E-state index contributed by atoms with van der Waals surface area (Å²) in [7, 11) is 0. The molecule has 0 amide bonds. The van der Waals surface area contributed by atoms with Gasteiger partial charge in [0.25, 0.3) is 0 Å². The molecule has 1 N–H and O–H groups in total. The summed E-state index contributed by atoms with van der Waals surface area (Å²) >= 11 is 1.88. The standard InChI is InChI=1S/C15H20OS/c1-11-9-15(16,10-17-11)14-7-3-6-13(8-14)12-4-2-5-12/h3,6-8,11-12,16H,2,4-5,9-10H2,1H3. The molecule has 0 spiro atoms. The molecule has 17 heavy (non-hydrogen) atoms. The van der Waals surface area contributed by atoms with Crippen molar-refractivity contribution < 1.29 is 5.11 Å². The van der Waals surface area contributed by atoms with Crippen molar-refractivity contribution in [1.29, 1.82) is 0 Å². The molecule has 3 rings (SSSR count). The van der Waals surface area contributed by atoms with E-state index in [4.69, 9.17) is 0 Å². The van der Waals surface area contributed by atoms with Gasteiger partial charge in [0.1, 0.15) is 0 Å². The first-order valence-electron chi connectivity index (χ1n) is 6.62. The summed E-state index contributed by atoms with van der Waals surface area (Å²) < 4.78 is 0. The van der Waals surface area contributed by atoms with Crippen LogP contribution in [0.2, 0.25) is 0 Å². The van der Waals surface area contributed by atoms with Gasteiger partial charge < -0.3 is 5.11 Å². The summed E-state index contributed by atoms with van der Waals surface area (Å²) in [6.45, 7) is 2.21. The minimum Gasteiger partial charge on any atom is -0.384 e. The van der Waals surface area contributed by atoms with Gasteiger partial charge in [-0.15, -0.1) is 0 Å². The zero-order valence-corrected chi connectivity index (χ0v) is 11.2. The lowest BCUT2D eigenvalue weighted by Crippen LogP contribution is -2.26. The molecule has 1 aliphatic heterocycles. The van der Waals surface area contributed by atoms with Gasteiger partial charge in [-0.05, 0) is 36.3 Å². The first-order valence-corrected chi connectivity index (χ1v) is 7.67.